The largest absolute Gasteiger partial charge is 0.465 e. The molecular weight excluding hydrogens is 464 g/mol. The zero-order valence-electron chi connectivity index (χ0n) is 27.0. The molecule has 0 aliphatic carbocycles. The van der Waals surface area contributed by atoms with Crippen LogP contribution in [0.1, 0.15) is 207 Å². The predicted octanol–water partition coefficient (Wildman–Crippen LogP) is 12.8. The van der Waals surface area contributed by atoms with Gasteiger partial charge < -0.3 is 4.74 Å². The Balaban J connectivity index is 3.28. The fourth-order valence-electron chi connectivity index (χ4n) is 5.69. The molecule has 2 nitrogen and oxygen atoms in total. The normalized spacial score (nSPS) is 12.3. The number of hydrogen-bond donors (Lipinski definition) is 0. The highest BCUT2D eigenvalue weighted by molar-refractivity contribution is 5.69. The van der Waals surface area contributed by atoms with Gasteiger partial charge in [-0.25, -0.2) is 0 Å². The minimum atomic E-state index is 0.0319. The van der Waals surface area contributed by atoms with E-state index >= 15 is 0 Å². The zero-order valence-corrected chi connectivity index (χ0v) is 27.0. The number of carbonyl (C=O) groups excluding carboxylic acids is 1. The van der Waals surface area contributed by atoms with Crippen molar-refractivity contribution in [2.24, 2.45) is 11.8 Å². The summed E-state index contributed by atoms with van der Waals surface area (Å²) >= 11 is 0. The Hall–Kier alpha value is -0.530. The van der Waals surface area contributed by atoms with Gasteiger partial charge in [-0.15, -0.1) is 0 Å². The summed E-state index contributed by atoms with van der Waals surface area (Å²) in [5, 5.41) is 0. The van der Waals surface area contributed by atoms with E-state index < -0.39 is 0 Å². The molecule has 0 saturated heterocycles. The van der Waals surface area contributed by atoms with E-state index in [0.717, 1.165) is 12.3 Å². The second kappa shape index (κ2) is 31.0. The summed E-state index contributed by atoms with van der Waals surface area (Å²) in [6, 6.07) is 0. The van der Waals surface area contributed by atoms with Gasteiger partial charge in [0.25, 0.3) is 0 Å². The summed E-state index contributed by atoms with van der Waals surface area (Å²) in [6.45, 7) is 9.81. The first kappa shape index (κ1) is 37.5. The number of unbranched alkanes of at least 4 members (excludes halogenated alkanes) is 21. The van der Waals surface area contributed by atoms with Crippen LogP contribution in [0, 0.1) is 11.8 Å². The Labute approximate surface area is 241 Å². The molecule has 38 heavy (non-hydrogen) atoms. The third-order valence-electron chi connectivity index (χ3n) is 8.31. The van der Waals surface area contributed by atoms with Gasteiger partial charge >= 0.3 is 5.97 Å². The van der Waals surface area contributed by atoms with Crippen molar-refractivity contribution in [3.8, 4) is 0 Å². The molecule has 228 valence electrons. The molecular formula is C36H72O2. The molecule has 2 heteroatoms. The minimum Gasteiger partial charge on any atom is -0.465 e. The fraction of sp³-hybridized carbons (Fsp3) is 0.972. The van der Waals surface area contributed by atoms with Crippen LogP contribution in [0.3, 0.4) is 0 Å². The van der Waals surface area contributed by atoms with Crippen LogP contribution >= 0.6 is 0 Å². The number of rotatable bonds is 31. The van der Waals surface area contributed by atoms with Crippen molar-refractivity contribution < 1.29 is 9.53 Å². The lowest BCUT2D eigenvalue weighted by Crippen LogP contribution is -2.14. The fourth-order valence-corrected chi connectivity index (χ4v) is 5.69. The molecule has 0 rings (SSSR count). The standard InChI is InChI=1S/C36H72O2/c1-5-7-26-31-35(29-6-2)33-38-36(37)32-28-25-23-21-19-17-15-13-11-9-8-10-12-14-16-18-20-22-24-27-30-34(3)4/h34-35H,5-33H2,1-4H3. The third kappa shape index (κ3) is 30.0. The first-order valence-corrected chi connectivity index (χ1v) is 17.8. The minimum absolute atomic E-state index is 0.0319. The van der Waals surface area contributed by atoms with Gasteiger partial charge in [0, 0.05) is 6.42 Å². The molecule has 0 amide bonds. The van der Waals surface area contributed by atoms with E-state index in [2.05, 4.69) is 27.7 Å². The Kier molecular flexibility index (Phi) is 30.6. The summed E-state index contributed by atoms with van der Waals surface area (Å²) in [4.78, 5) is 12.1. The summed E-state index contributed by atoms with van der Waals surface area (Å²) in [7, 11) is 0. The lowest BCUT2D eigenvalue weighted by Gasteiger charge is -2.16. The molecule has 0 aromatic rings. The Morgan fingerprint density at radius 2 is 0.868 bits per heavy atom. The molecule has 0 bridgehead atoms. The topological polar surface area (TPSA) is 26.3 Å². The molecule has 0 aliphatic heterocycles. The van der Waals surface area contributed by atoms with Crippen molar-refractivity contribution in [2.75, 3.05) is 6.61 Å². The molecule has 1 unspecified atom stereocenters. The second-order valence-corrected chi connectivity index (χ2v) is 12.8. The van der Waals surface area contributed by atoms with Crippen molar-refractivity contribution in [3.63, 3.8) is 0 Å². The van der Waals surface area contributed by atoms with Crippen molar-refractivity contribution in [2.45, 2.75) is 207 Å². The van der Waals surface area contributed by atoms with E-state index in [-0.39, 0.29) is 5.97 Å². The van der Waals surface area contributed by atoms with E-state index in [1.807, 2.05) is 0 Å². The Morgan fingerprint density at radius 3 is 1.26 bits per heavy atom. The monoisotopic (exact) mass is 537 g/mol. The van der Waals surface area contributed by atoms with Crippen molar-refractivity contribution in [1.29, 1.82) is 0 Å². The first-order chi connectivity index (χ1) is 18.6. The van der Waals surface area contributed by atoms with Gasteiger partial charge in [-0.05, 0) is 31.1 Å². The molecule has 1 atom stereocenters. The van der Waals surface area contributed by atoms with E-state index in [4.69, 9.17) is 4.74 Å². The van der Waals surface area contributed by atoms with Gasteiger partial charge in [0.05, 0.1) is 6.61 Å². The van der Waals surface area contributed by atoms with Crippen LogP contribution in [-0.2, 0) is 9.53 Å². The van der Waals surface area contributed by atoms with Gasteiger partial charge in [-0.3, -0.25) is 4.79 Å². The van der Waals surface area contributed by atoms with Crippen LogP contribution in [0.25, 0.3) is 0 Å². The molecule has 0 fully saturated rings. The smallest absolute Gasteiger partial charge is 0.305 e. The van der Waals surface area contributed by atoms with Crippen LogP contribution in [0.4, 0.5) is 0 Å². The maximum atomic E-state index is 12.1. The zero-order chi connectivity index (χ0) is 27.9. The molecule has 0 aliphatic rings. The van der Waals surface area contributed by atoms with Crippen LogP contribution in [0.15, 0.2) is 0 Å². The van der Waals surface area contributed by atoms with Gasteiger partial charge in [0.1, 0.15) is 0 Å². The summed E-state index contributed by atoms with van der Waals surface area (Å²) in [5.74, 6) is 1.49. The molecule has 0 spiro atoms. The van der Waals surface area contributed by atoms with Crippen LogP contribution in [0.5, 0.6) is 0 Å². The van der Waals surface area contributed by atoms with Crippen molar-refractivity contribution >= 4 is 5.97 Å². The summed E-state index contributed by atoms with van der Waals surface area (Å²) in [6.07, 6.45) is 37.4. The predicted molar refractivity (Wildman–Crippen MR) is 170 cm³/mol. The molecule has 0 radical (unpaired) electrons. The first-order valence-electron chi connectivity index (χ1n) is 17.8. The highest BCUT2D eigenvalue weighted by Gasteiger charge is 2.11. The molecule has 0 saturated carbocycles. The Bertz CT molecular complexity index is 458. The van der Waals surface area contributed by atoms with Crippen LogP contribution in [-0.4, -0.2) is 12.6 Å². The lowest BCUT2D eigenvalue weighted by molar-refractivity contribution is -0.145. The van der Waals surface area contributed by atoms with E-state index in [0.29, 0.717) is 18.9 Å². The lowest BCUT2D eigenvalue weighted by atomic mass is 9.97. The highest BCUT2D eigenvalue weighted by Crippen LogP contribution is 2.18. The average Bonchev–Trinajstić information content (AvgIpc) is 2.90. The maximum Gasteiger partial charge on any atom is 0.305 e. The van der Waals surface area contributed by atoms with E-state index in [9.17, 15) is 4.79 Å². The number of hydrogen-bond acceptors (Lipinski definition) is 2. The van der Waals surface area contributed by atoms with Gasteiger partial charge in [-0.1, -0.05) is 182 Å². The molecule has 0 aromatic heterocycles. The molecule has 0 N–H and O–H groups in total. The summed E-state index contributed by atoms with van der Waals surface area (Å²) in [5.41, 5.74) is 0. The SMILES string of the molecule is CCCCCC(CCC)COC(=O)CCCCCCCCCCCCCCCCCCCCCCC(C)C. The van der Waals surface area contributed by atoms with Gasteiger partial charge in [-0.2, -0.15) is 0 Å². The van der Waals surface area contributed by atoms with Gasteiger partial charge in [0.15, 0.2) is 0 Å². The maximum absolute atomic E-state index is 12.1. The third-order valence-corrected chi connectivity index (χ3v) is 8.31. The molecule has 0 heterocycles. The summed E-state index contributed by atoms with van der Waals surface area (Å²) < 4.78 is 5.60. The second-order valence-electron chi connectivity index (χ2n) is 12.8. The highest BCUT2D eigenvalue weighted by atomic mass is 16.5. The average molecular weight is 537 g/mol. The van der Waals surface area contributed by atoms with Crippen molar-refractivity contribution in [1.82, 2.24) is 0 Å². The van der Waals surface area contributed by atoms with E-state index in [1.165, 1.54) is 167 Å². The van der Waals surface area contributed by atoms with E-state index in [1.54, 1.807) is 0 Å². The van der Waals surface area contributed by atoms with Crippen LogP contribution < -0.4 is 0 Å². The number of carbonyl (C=O) groups is 1. The van der Waals surface area contributed by atoms with Crippen molar-refractivity contribution in [3.05, 3.63) is 0 Å². The van der Waals surface area contributed by atoms with Crippen LogP contribution in [0.2, 0.25) is 0 Å². The number of ether oxygens (including phenoxy) is 1. The molecule has 0 aromatic carbocycles. The Morgan fingerprint density at radius 1 is 0.474 bits per heavy atom. The quantitative estimate of drug-likeness (QED) is 0.0650. The van der Waals surface area contributed by atoms with Gasteiger partial charge in [0.2, 0.25) is 0 Å². The number of esters is 1.